The van der Waals surface area contributed by atoms with Gasteiger partial charge in [-0.25, -0.2) is 0 Å². The highest BCUT2D eigenvalue weighted by Crippen LogP contribution is 2.34. The van der Waals surface area contributed by atoms with Crippen LogP contribution >= 0.6 is 22.6 Å². The molecule has 0 aliphatic heterocycles. The summed E-state index contributed by atoms with van der Waals surface area (Å²) in [5.74, 6) is 0. The molecule has 82 valence electrons. The lowest BCUT2D eigenvalue weighted by Gasteiger charge is -2.11. The van der Waals surface area contributed by atoms with Crippen molar-refractivity contribution in [1.29, 1.82) is 0 Å². The Bertz CT molecular complexity index is 563. The third-order valence-electron chi connectivity index (χ3n) is 3.22. The summed E-state index contributed by atoms with van der Waals surface area (Å²) < 4.78 is 1.27. The van der Waals surface area contributed by atoms with Gasteiger partial charge in [0.2, 0.25) is 0 Å². The minimum Gasteiger partial charge on any atom is -0.387 e. The number of benzene rings is 1. The van der Waals surface area contributed by atoms with E-state index in [2.05, 4.69) is 46.1 Å². The van der Waals surface area contributed by atoms with Crippen LogP contribution in [0.15, 0.2) is 18.2 Å². The van der Waals surface area contributed by atoms with Crippen molar-refractivity contribution in [2.24, 2.45) is 0 Å². The predicted molar refractivity (Wildman–Crippen MR) is 76.0 cm³/mol. The molecule has 0 bridgehead atoms. The zero-order valence-corrected chi connectivity index (χ0v) is 11.3. The van der Waals surface area contributed by atoms with Crippen LogP contribution in [-0.4, -0.2) is 12.0 Å². The molecule has 0 spiro atoms. The first kappa shape index (κ1) is 10.3. The lowest BCUT2D eigenvalue weighted by Crippen LogP contribution is -1.99. The van der Waals surface area contributed by atoms with Gasteiger partial charge in [-0.1, -0.05) is 0 Å². The van der Waals surface area contributed by atoms with Gasteiger partial charge in [0.05, 0.1) is 5.52 Å². The smallest absolute Gasteiger partial charge is 0.0727 e. The van der Waals surface area contributed by atoms with E-state index in [4.69, 9.17) is 4.98 Å². The number of aromatic nitrogens is 1. The second-order valence-electron chi connectivity index (χ2n) is 4.18. The Morgan fingerprint density at radius 3 is 3.00 bits per heavy atom. The van der Waals surface area contributed by atoms with E-state index >= 15 is 0 Å². The summed E-state index contributed by atoms with van der Waals surface area (Å²) >= 11 is 2.35. The molecule has 0 radical (unpaired) electrons. The van der Waals surface area contributed by atoms with Crippen LogP contribution in [0, 0.1) is 3.57 Å². The van der Waals surface area contributed by atoms with E-state index < -0.39 is 0 Å². The molecule has 0 saturated carbocycles. The van der Waals surface area contributed by atoms with E-state index in [-0.39, 0.29) is 0 Å². The Morgan fingerprint density at radius 2 is 2.19 bits per heavy atom. The van der Waals surface area contributed by atoms with Crippen LogP contribution in [0.5, 0.6) is 0 Å². The molecule has 3 rings (SSSR count). The second-order valence-corrected chi connectivity index (χ2v) is 5.42. The predicted octanol–water partition coefficient (Wildman–Crippen LogP) is 3.37. The van der Waals surface area contributed by atoms with Crippen molar-refractivity contribution in [3.63, 3.8) is 0 Å². The maximum atomic E-state index is 4.76. The van der Waals surface area contributed by atoms with Gasteiger partial charge < -0.3 is 5.32 Å². The molecule has 1 heterocycles. The van der Waals surface area contributed by atoms with Crippen LogP contribution in [0.2, 0.25) is 0 Å². The normalized spacial score (nSPS) is 14.1. The molecular weight excluding hydrogens is 311 g/mol. The van der Waals surface area contributed by atoms with Crippen LogP contribution in [-0.2, 0) is 12.8 Å². The van der Waals surface area contributed by atoms with E-state index in [1.807, 2.05) is 7.05 Å². The monoisotopic (exact) mass is 324 g/mol. The van der Waals surface area contributed by atoms with Gasteiger partial charge in [-0.05, 0) is 65.6 Å². The first-order valence-electron chi connectivity index (χ1n) is 5.58. The third kappa shape index (κ3) is 1.49. The van der Waals surface area contributed by atoms with E-state index in [0.29, 0.717) is 0 Å². The van der Waals surface area contributed by atoms with Crippen LogP contribution in [0.3, 0.4) is 0 Å². The highest BCUT2D eigenvalue weighted by atomic mass is 127. The number of nitrogens with zero attached hydrogens (tertiary/aromatic N) is 1. The minimum absolute atomic E-state index is 1.12. The van der Waals surface area contributed by atoms with Gasteiger partial charge in [-0.2, -0.15) is 0 Å². The average molecular weight is 324 g/mol. The minimum atomic E-state index is 1.12. The number of pyridine rings is 1. The maximum absolute atomic E-state index is 4.76. The van der Waals surface area contributed by atoms with Gasteiger partial charge in [0.15, 0.2) is 0 Å². The molecule has 3 heteroatoms. The zero-order chi connectivity index (χ0) is 11.1. The van der Waals surface area contributed by atoms with Crippen LogP contribution < -0.4 is 5.32 Å². The number of aryl methyl sites for hydroxylation is 1. The maximum Gasteiger partial charge on any atom is 0.0727 e. The van der Waals surface area contributed by atoms with Gasteiger partial charge in [0.1, 0.15) is 0 Å². The first-order valence-corrected chi connectivity index (χ1v) is 6.66. The Kier molecular flexibility index (Phi) is 2.50. The molecule has 0 saturated heterocycles. The third-order valence-corrected chi connectivity index (χ3v) is 3.89. The molecule has 0 atom stereocenters. The summed E-state index contributed by atoms with van der Waals surface area (Å²) in [6, 6.07) is 6.46. The summed E-state index contributed by atoms with van der Waals surface area (Å²) in [5.41, 5.74) is 5.12. The van der Waals surface area contributed by atoms with Crippen molar-refractivity contribution in [3.8, 4) is 0 Å². The van der Waals surface area contributed by atoms with E-state index in [1.54, 1.807) is 0 Å². The molecule has 1 aromatic carbocycles. The molecule has 2 nitrogen and oxygen atoms in total. The van der Waals surface area contributed by atoms with Crippen LogP contribution in [0.4, 0.5) is 5.69 Å². The largest absolute Gasteiger partial charge is 0.387 e. The molecule has 0 fully saturated rings. The van der Waals surface area contributed by atoms with Gasteiger partial charge in [-0.15, -0.1) is 0 Å². The molecule has 2 aromatic rings. The van der Waals surface area contributed by atoms with Gasteiger partial charge in [-0.3, -0.25) is 4.98 Å². The molecule has 0 unspecified atom stereocenters. The number of hydrogen-bond donors (Lipinski definition) is 1. The van der Waals surface area contributed by atoms with Crippen molar-refractivity contribution < 1.29 is 0 Å². The van der Waals surface area contributed by atoms with E-state index in [0.717, 1.165) is 11.9 Å². The van der Waals surface area contributed by atoms with Crippen LogP contribution in [0.25, 0.3) is 10.9 Å². The summed E-state index contributed by atoms with van der Waals surface area (Å²) in [6.07, 6.45) is 3.54. The zero-order valence-electron chi connectivity index (χ0n) is 9.18. The van der Waals surface area contributed by atoms with E-state index in [9.17, 15) is 0 Å². The summed E-state index contributed by atoms with van der Waals surface area (Å²) in [6.45, 7) is 0. The number of anilines is 1. The molecular formula is C13H13IN2. The SMILES string of the molecule is CNc1c2c(nc3ccc(I)cc13)CCC2. The van der Waals surface area contributed by atoms with Crippen LogP contribution in [0.1, 0.15) is 17.7 Å². The number of fused-ring (bicyclic) bond motifs is 2. The van der Waals surface area contributed by atoms with Crippen molar-refractivity contribution in [2.75, 3.05) is 12.4 Å². The lowest BCUT2D eigenvalue weighted by molar-refractivity contribution is 0.901. The Morgan fingerprint density at radius 1 is 1.31 bits per heavy atom. The fourth-order valence-corrected chi connectivity index (χ4v) is 3.01. The standard InChI is InChI=1S/C13H13IN2/c1-15-13-9-3-2-4-11(9)16-12-6-5-8(14)7-10(12)13/h5-7H,2-4H2,1H3,(H,15,16). The first-order chi connectivity index (χ1) is 7.79. The average Bonchev–Trinajstić information content (AvgIpc) is 2.73. The van der Waals surface area contributed by atoms with Crippen molar-refractivity contribution in [1.82, 2.24) is 4.98 Å². The van der Waals surface area contributed by atoms with Crippen molar-refractivity contribution >= 4 is 39.2 Å². The number of nitrogens with one attached hydrogen (secondary N) is 1. The molecule has 1 N–H and O–H groups in total. The topological polar surface area (TPSA) is 24.9 Å². The Labute approximate surface area is 109 Å². The molecule has 16 heavy (non-hydrogen) atoms. The lowest BCUT2D eigenvalue weighted by atomic mass is 10.1. The second kappa shape index (κ2) is 3.87. The van der Waals surface area contributed by atoms with Crippen molar-refractivity contribution in [2.45, 2.75) is 19.3 Å². The summed E-state index contributed by atoms with van der Waals surface area (Å²) in [7, 11) is 2.01. The fourth-order valence-electron chi connectivity index (χ4n) is 2.52. The molecule has 0 amide bonds. The van der Waals surface area contributed by atoms with Gasteiger partial charge >= 0.3 is 0 Å². The van der Waals surface area contributed by atoms with E-state index in [1.165, 1.54) is 38.7 Å². The highest BCUT2D eigenvalue weighted by Gasteiger charge is 2.18. The summed E-state index contributed by atoms with van der Waals surface area (Å²) in [4.78, 5) is 4.76. The molecule has 1 aromatic heterocycles. The fraction of sp³-hybridized carbons (Fsp3) is 0.308. The molecule has 1 aliphatic rings. The quantitative estimate of drug-likeness (QED) is 0.814. The highest BCUT2D eigenvalue weighted by molar-refractivity contribution is 14.1. The Balaban J connectivity index is 2.40. The van der Waals surface area contributed by atoms with Gasteiger partial charge in [0, 0.05) is 27.4 Å². The molecule has 1 aliphatic carbocycles. The van der Waals surface area contributed by atoms with Gasteiger partial charge in [0.25, 0.3) is 0 Å². The van der Waals surface area contributed by atoms with Crippen molar-refractivity contribution in [3.05, 3.63) is 33.0 Å². The number of halogens is 1. The Hall–Kier alpha value is -0.840. The summed E-state index contributed by atoms with van der Waals surface area (Å²) in [5, 5.41) is 4.61. The number of rotatable bonds is 1. The number of hydrogen-bond acceptors (Lipinski definition) is 2.